The van der Waals surface area contributed by atoms with Gasteiger partial charge >= 0.3 is 0 Å². The minimum absolute atomic E-state index is 0.0649. The topological polar surface area (TPSA) is 49.8 Å². The van der Waals surface area contributed by atoms with E-state index in [1.54, 1.807) is 25.1 Å². The predicted octanol–water partition coefficient (Wildman–Crippen LogP) is 1.85. The Kier molecular flexibility index (Phi) is 6.42. The third-order valence-electron chi connectivity index (χ3n) is 2.93. The molecule has 0 radical (unpaired) electrons. The van der Waals surface area contributed by atoms with Crippen LogP contribution in [0, 0.1) is 0 Å². The minimum Gasteiger partial charge on any atom is -0.491 e. The molecular weight excluding hydrogens is 254 g/mol. The zero-order chi connectivity index (χ0) is 15.1. The van der Waals surface area contributed by atoms with Crippen LogP contribution in [0.3, 0.4) is 0 Å². The van der Waals surface area contributed by atoms with Gasteiger partial charge in [0, 0.05) is 6.54 Å². The molecule has 4 nitrogen and oxygen atoms in total. The van der Waals surface area contributed by atoms with Crippen molar-refractivity contribution >= 4 is 5.78 Å². The maximum absolute atomic E-state index is 11.4. The molecule has 0 aliphatic carbocycles. The Labute approximate surface area is 120 Å². The Hall–Kier alpha value is -1.65. The molecule has 110 valence electrons. The zero-order valence-corrected chi connectivity index (χ0v) is 12.4. The number of carbonyl (C=O) groups excluding carboxylic acids is 1. The number of ether oxygens (including phenoxy) is 1. The number of hydrogen-bond donors (Lipinski definition) is 1. The standard InChI is InChI=1S/C16H23NO3/c1-5-16(12(2)18)13-6-8-15(9-7-13)20-11-14(19)10-17(3)4/h5-9,14,16,19H,1,10-11H2,2-4H3. The Morgan fingerprint density at radius 1 is 1.40 bits per heavy atom. The second-order valence-corrected chi connectivity index (χ2v) is 5.12. The summed E-state index contributed by atoms with van der Waals surface area (Å²) < 4.78 is 5.51. The second-order valence-electron chi connectivity index (χ2n) is 5.12. The van der Waals surface area contributed by atoms with Crippen LogP contribution in [-0.4, -0.2) is 49.1 Å². The molecule has 2 unspecified atom stereocenters. The molecule has 1 rings (SSSR count). The van der Waals surface area contributed by atoms with Crippen LogP contribution in [0.15, 0.2) is 36.9 Å². The molecule has 0 fully saturated rings. The second kappa shape index (κ2) is 7.82. The number of benzene rings is 1. The van der Waals surface area contributed by atoms with Crippen LogP contribution in [0.2, 0.25) is 0 Å². The molecule has 0 aliphatic heterocycles. The Morgan fingerprint density at radius 2 is 2.00 bits per heavy atom. The summed E-state index contributed by atoms with van der Waals surface area (Å²) in [6.07, 6.45) is 1.11. The van der Waals surface area contributed by atoms with Gasteiger partial charge in [-0.3, -0.25) is 4.79 Å². The third kappa shape index (κ3) is 5.15. The number of hydrogen-bond acceptors (Lipinski definition) is 4. The number of ketones is 1. The molecule has 0 amide bonds. The summed E-state index contributed by atoms with van der Waals surface area (Å²) in [6.45, 7) is 6.03. The summed E-state index contributed by atoms with van der Waals surface area (Å²) >= 11 is 0. The number of Topliss-reactive ketones (excluding diaryl/α,β-unsaturated/α-hetero) is 1. The van der Waals surface area contributed by atoms with E-state index in [1.807, 2.05) is 31.1 Å². The molecule has 0 saturated carbocycles. The molecule has 0 heterocycles. The Morgan fingerprint density at radius 3 is 2.45 bits per heavy atom. The first-order chi connectivity index (χ1) is 9.43. The molecule has 0 aromatic heterocycles. The third-order valence-corrected chi connectivity index (χ3v) is 2.93. The first kappa shape index (κ1) is 16.4. The molecule has 1 aromatic carbocycles. The van der Waals surface area contributed by atoms with Crippen LogP contribution in [0.25, 0.3) is 0 Å². The van der Waals surface area contributed by atoms with Crippen molar-refractivity contribution in [3.05, 3.63) is 42.5 Å². The summed E-state index contributed by atoms with van der Waals surface area (Å²) in [7, 11) is 3.80. The van der Waals surface area contributed by atoms with E-state index >= 15 is 0 Å². The zero-order valence-electron chi connectivity index (χ0n) is 12.4. The lowest BCUT2D eigenvalue weighted by molar-refractivity contribution is -0.117. The molecule has 20 heavy (non-hydrogen) atoms. The van der Waals surface area contributed by atoms with Gasteiger partial charge in [-0.25, -0.2) is 0 Å². The van der Waals surface area contributed by atoms with Crippen LogP contribution in [-0.2, 0) is 4.79 Å². The number of carbonyl (C=O) groups is 1. The van der Waals surface area contributed by atoms with E-state index in [0.717, 1.165) is 5.56 Å². The quantitative estimate of drug-likeness (QED) is 0.737. The fraction of sp³-hybridized carbons (Fsp3) is 0.438. The number of nitrogens with zero attached hydrogens (tertiary/aromatic N) is 1. The van der Waals surface area contributed by atoms with Crippen molar-refractivity contribution in [3.63, 3.8) is 0 Å². The first-order valence-corrected chi connectivity index (χ1v) is 6.62. The van der Waals surface area contributed by atoms with Crippen LogP contribution in [0.4, 0.5) is 0 Å². The highest BCUT2D eigenvalue weighted by Crippen LogP contribution is 2.21. The number of aliphatic hydroxyl groups is 1. The van der Waals surface area contributed by atoms with E-state index in [0.29, 0.717) is 12.3 Å². The van der Waals surface area contributed by atoms with Gasteiger partial charge in [-0.2, -0.15) is 0 Å². The number of rotatable bonds is 8. The number of allylic oxidation sites excluding steroid dienone is 1. The lowest BCUT2D eigenvalue weighted by atomic mass is 9.96. The molecule has 0 bridgehead atoms. The smallest absolute Gasteiger partial charge is 0.141 e. The average Bonchev–Trinajstić information content (AvgIpc) is 2.37. The summed E-state index contributed by atoms with van der Waals surface area (Å²) in [4.78, 5) is 13.3. The van der Waals surface area contributed by atoms with E-state index in [2.05, 4.69) is 6.58 Å². The van der Waals surface area contributed by atoms with E-state index in [-0.39, 0.29) is 18.3 Å². The van der Waals surface area contributed by atoms with Gasteiger partial charge in [-0.05, 0) is 38.7 Å². The van der Waals surface area contributed by atoms with E-state index < -0.39 is 6.10 Å². The molecule has 0 spiro atoms. The summed E-state index contributed by atoms with van der Waals surface area (Å²) in [5, 5.41) is 9.71. The lowest BCUT2D eigenvalue weighted by Crippen LogP contribution is -2.30. The van der Waals surface area contributed by atoms with Crippen LogP contribution < -0.4 is 4.74 Å². The van der Waals surface area contributed by atoms with Crippen molar-refractivity contribution in [1.29, 1.82) is 0 Å². The van der Waals surface area contributed by atoms with Gasteiger partial charge in [0.15, 0.2) is 0 Å². The van der Waals surface area contributed by atoms with E-state index in [9.17, 15) is 9.90 Å². The van der Waals surface area contributed by atoms with Gasteiger partial charge in [-0.15, -0.1) is 6.58 Å². The first-order valence-electron chi connectivity index (χ1n) is 6.62. The van der Waals surface area contributed by atoms with Crippen LogP contribution >= 0.6 is 0 Å². The van der Waals surface area contributed by atoms with Crippen molar-refractivity contribution in [2.24, 2.45) is 0 Å². The molecule has 1 N–H and O–H groups in total. The highest BCUT2D eigenvalue weighted by atomic mass is 16.5. The Balaban J connectivity index is 2.58. The monoisotopic (exact) mass is 277 g/mol. The highest BCUT2D eigenvalue weighted by molar-refractivity contribution is 5.85. The number of likely N-dealkylation sites (N-methyl/N-ethyl adjacent to an activating group) is 1. The molecule has 0 aliphatic rings. The maximum Gasteiger partial charge on any atom is 0.141 e. The van der Waals surface area contributed by atoms with Gasteiger partial charge in [0.1, 0.15) is 24.2 Å². The van der Waals surface area contributed by atoms with Crippen LogP contribution in [0.1, 0.15) is 18.4 Å². The highest BCUT2D eigenvalue weighted by Gasteiger charge is 2.12. The van der Waals surface area contributed by atoms with Gasteiger partial charge in [0.25, 0.3) is 0 Å². The molecule has 2 atom stereocenters. The van der Waals surface area contributed by atoms with Crippen molar-refractivity contribution in [1.82, 2.24) is 4.90 Å². The minimum atomic E-state index is -0.525. The average molecular weight is 277 g/mol. The fourth-order valence-corrected chi connectivity index (χ4v) is 1.97. The number of aliphatic hydroxyl groups excluding tert-OH is 1. The fourth-order valence-electron chi connectivity index (χ4n) is 1.97. The maximum atomic E-state index is 11.4. The van der Waals surface area contributed by atoms with Gasteiger partial charge < -0.3 is 14.7 Å². The van der Waals surface area contributed by atoms with Gasteiger partial charge in [0.05, 0.1) is 5.92 Å². The van der Waals surface area contributed by atoms with E-state index in [1.165, 1.54) is 0 Å². The van der Waals surface area contributed by atoms with Crippen molar-refractivity contribution in [3.8, 4) is 5.75 Å². The summed E-state index contributed by atoms with van der Waals surface area (Å²) in [5.74, 6) is 0.469. The van der Waals surface area contributed by atoms with Gasteiger partial charge in [-0.1, -0.05) is 18.2 Å². The SMILES string of the molecule is C=CC(C(C)=O)c1ccc(OCC(O)CN(C)C)cc1. The molecule has 0 saturated heterocycles. The van der Waals surface area contributed by atoms with Crippen molar-refractivity contribution in [2.75, 3.05) is 27.2 Å². The molecule has 1 aromatic rings. The van der Waals surface area contributed by atoms with E-state index in [4.69, 9.17) is 4.74 Å². The molecular formula is C16H23NO3. The predicted molar refractivity (Wildman–Crippen MR) is 80.1 cm³/mol. The summed E-state index contributed by atoms with van der Waals surface area (Å²) in [6, 6.07) is 7.30. The largest absolute Gasteiger partial charge is 0.491 e. The normalized spacial score (nSPS) is 13.8. The van der Waals surface area contributed by atoms with Crippen LogP contribution in [0.5, 0.6) is 5.75 Å². The lowest BCUT2D eigenvalue weighted by Gasteiger charge is -2.17. The van der Waals surface area contributed by atoms with Gasteiger partial charge in [0.2, 0.25) is 0 Å². The summed E-state index contributed by atoms with van der Waals surface area (Å²) in [5.41, 5.74) is 0.897. The van der Waals surface area contributed by atoms with Crippen molar-refractivity contribution in [2.45, 2.75) is 18.9 Å². The Bertz CT molecular complexity index is 440. The molecule has 4 heteroatoms. The van der Waals surface area contributed by atoms with Crippen molar-refractivity contribution < 1.29 is 14.6 Å².